The van der Waals surface area contributed by atoms with Gasteiger partial charge in [-0.2, -0.15) is 0 Å². The van der Waals surface area contributed by atoms with Gasteiger partial charge in [-0.15, -0.1) is 0 Å². The quantitative estimate of drug-likeness (QED) is 0.526. The molecule has 1 aromatic heterocycles. The van der Waals surface area contributed by atoms with Crippen LogP contribution in [-0.4, -0.2) is 16.9 Å². The highest BCUT2D eigenvalue weighted by atomic mass is 19.1. The monoisotopic (exact) mass is 416 g/mol. The molecule has 1 heterocycles. The predicted molar refractivity (Wildman–Crippen MR) is 118 cm³/mol. The van der Waals surface area contributed by atoms with Gasteiger partial charge in [0, 0.05) is 0 Å². The van der Waals surface area contributed by atoms with Crippen LogP contribution >= 0.6 is 0 Å². The summed E-state index contributed by atoms with van der Waals surface area (Å²) < 4.78 is 25.8. The van der Waals surface area contributed by atoms with E-state index in [1.54, 1.807) is 37.5 Å². The van der Waals surface area contributed by atoms with E-state index in [1.807, 2.05) is 36.4 Å². The molecule has 0 amide bonds. The molecule has 0 saturated carbocycles. The first-order valence-corrected chi connectivity index (χ1v) is 9.67. The maximum absolute atomic E-state index is 13.1. The fourth-order valence-corrected chi connectivity index (χ4v) is 3.20. The first kappa shape index (κ1) is 20.2. The lowest BCUT2D eigenvalue weighted by Gasteiger charge is -2.11. The van der Waals surface area contributed by atoms with Gasteiger partial charge >= 0.3 is 0 Å². The minimum absolute atomic E-state index is 0.188. The Morgan fingerprint density at radius 1 is 1.03 bits per heavy atom. The summed E-state index contributed by atoms with van der Waals surface area (Å²) in [5.74, 6) is 0.789. The van der Waals surface area contributed by atoms with Crippen LogP contribution in [0.15, 0.2) is 77.6 Å². The molecule has 0 aliphatic rings. The van der Waals surface area contributed by atoms with E-state index in [0.29, 0.717) is 22.1 Å². The molecule has 0 atom stereocenters. The predicted octanol–water partition coefficient (Wildman–Crippen LogP) is 3.13. The zero-order valence-electron chi connectivity index (χ0n) is 17.0. The highest BCUT2D eigenvalue weighted by molar-refractivity contribution is 5.56. The van der Waals surface area contributed by atoms with Gasteiger partial charge < -0.3 is 9.47 Å². The van der Waals surface area contributed by atoms with Crippen LogP contribution in [0.25, 0.3) is 18.3 Å². The molecular formula is C25H21FN2O3. The molecule has 0 aliphatic heterocycles. The van der Waals surface area contributed by atoms with E-state index in [2.05, 4.69) is 11.7 Å². The molecule has 0 fully saturated rings. The lowest BCUT2D eigenvalue weighted by atomic mass is 10.1. The zero-order valence-corrected chi connectivity index (χ0v) is 17.0. The van der Waals surface area contributed by atoms with E-state index in [0.717, 1.165) is 16.8 Å². The van der Waals surface area contributed by atoms with E-state index < -0.39 is 0 Å². The van der Waals surface area contributed by atoms with Gasteiger partial charge in [0.1, 0.15) is 12.4 Å². The Morgan fingerprint density at radius 2 is 1.77 bits per heavy atom. The summed E-state index contributed by atoms with van der Waals surface area (Å²) in [7, 11) is 1.55. The number of hydrogen-bond donors (Lipinski definition) is 1. The Kier molecular flexibility index (Phi) is 5.71. The van der Waals surface area contributed by atoms with E-state index in [9.17, 15) is 9.18 Å². The third-order valence-corrected chi connectivity index (χ3v) is 4.83. The number of halogens is 1. The zero-order chi connectivity index (χ0) is 21.8. The van der Waals surface area contributed by atoms with Crippen molar-refractivity contribution in [3.05, 3.63) is 111 Å². The maximum atomic E-state index is 13.1. The molecule has 5 nitrogen and oxygen atoms in total. The van der Waals surface area contributed by atoms with E-state index >= 15 is 0 Å². The summed E-state index contributed by atoms with van der Waals surface area (Å²) in [6.45, 7) is 4.24. The summed E-state index contributed by atoms with van der Waals surface area (Å²) in [5.41, 5.74) is 2.16. The number of para-hydroxylation sites is 1. The van der Waals surface area contributed by atoms with Crippen LogP contribution in [0.1, 0.15) is 11.1 Å². The van der Waals surface area contributed by atoms with Gasteiger partial charge in [-0.1, -0.05) is 43.0 Å². The van der Waals surface area contributed by atoms with Crippen LogP contribution in [0.3, 0.4) is 0 Å². The molecule has 4 aromatic rings. The lowest BCUT2D eigenvalue weighted by Crippen LogP contribution is -2.33. The first-order valence-electron chi connectivity index (χ1n) is 9.67. The Labute approximate surface area is 178 Å². The first-order chi connectivity index (χ1) is 15.0. The van der Waals surface area contributed by atoms with Crippen molar-refractivity contribution in [2.45, 2.75) is 6.61 Å². The van der Waals surface area contributed by atoms with Crippen molar-refractivity contribution in [2.24, 2.45) is 0 Å². The topological polar surface area (TPSA) is 56.2 Å². The van der Waals surface area contributed by atoms with Crippen molar-refractivity contribution < 1.29 is 13.9 Å². The number of methoxy groups -OCH3 is 1. The van der Waals surface area contributed by atoms with Crippen molar-refractivity contribution in [1.82, 2.24) is 9.78 Å². The highest BCUT2D eigenvalue weighted by Gasteiger charge is 2.08. The number of aromatic nitrogens is 2. The SMILES string of the molecule is C=c1[nH]n(-c2ccccc2)c(=O)/c1=C/c1ccc(OCc2ccc(F)cc2)c(OC)c1. The van der Waals surface area contributed by atoms with Crippen LogP contribution in [0.5, 0.6) is 11.5 Å². The summed E-state index contributed by atoms with van der Waals surface area (Å²) in [5, 5.41) is 3.99. The number of ether oxygens (including phenoxy) is 2. The van der Waals surface area contributed by atoms with E-state index in [1.165, 1.54) is 16.8 Å². The van der Waals surface area contributed by atoms with Gasteiger partial charge in [-0.05, 0) is 53.6 Å². The highest BCUT2D eigenvalue weighted by Crippen LogP contribution is 2.29. The third-order valence-electron chi connectivity index (χ3n) is 4.83. The molecule has 4 rings (SSSR count). The number of hydrogen-bond acceptors (Lipinski definition) is 3. The van der Waals surface area contributed by atoms with Crippen molar-refractivity contribution in [3.8, 4) is 17.2 Å². The van der Waals surface area contributed by atoms with Crippen molar-refractivity contribution >= 4 is 12.7 Å². The molecule has 1 N–H and O–H groups in total. The second-order valence-corrected chi connectivity index (χ2v) is 6.95. The van der Waals surface area contributed by atoms with Crippen molar-refractivity contribution in [3.63, 3.8) is 0 Å². The van der Waals surface area contributed by atoms with Crippen LogP contribution in [0, 0.1) is 5.82 Å². The smallest absolute Gasteiger partial charge is 0.279 e. The second kappa shape index (κ2) is 8.75. The van der Waals surface area contributed by atoms with E-state index in [4.69, 9.17) is 9.47 Å². The van der Waals surface area contributed by atoms with Crippen molar-refractivity contribution in [1.29, 1.82) is 0 Å². The van der Waals surface area contributed by atoms with Crippen LogP contribution in [0.4, 0.5) is 4.39 Å². The minimum Gasteiger partial charge on any atom is -0.493 e. The number of aromatic amines is 1. The van der Waals surface area contributed by atoms with Gasteiger partial charge in [0.25, 0.3) is 5.56 Å². The molecule has 0 aliphatic carbocycles. The Morgan fingerprint density at radius 3 is 2.48 bits per heavy atom. The number of nitrogens with one attached hydrogen (secondary N) is 1. The lowest BCUT2D eigenvalue weighted by molar-refractivity contribution is 0.284. The molecule has 0 bridgehead atoms. The summed E-state index contributed by atoms with van der Waals surface area (Å²) >= 11 is 0. The van der Waals surface area contributed by atoms with Gasteiger partial charge in [0.2, 0.25) is 0 Å². The summed E-state index contributed by atoms with van der Waals surface area (Å²) in [6.07, 6.45) is 1.76. The van der Waals surface area contributed by atoms with Gasteiger partial charge in [-0.3, -0.25) is 9.89 Å². The fraction of sp³-hybridized carbons (Fsp3) is 0.0800. The number of H-pyrrole nitrogens is 1. The van der Waals surface area contributed by atoms with Crippen LogP contribution < -0.4 is 25.6 Å². The number of benzene rings is 3. The largest absolute Gasteiger partial charge is 0.493 e. The maximum Gasteiger partial charge on any atom is 0.279 e. The third kappa shape index (κ3) is 4.43. The normalized spacial score (nSPS) is 11.5. The Bertz CT molecular complexity index is 1360. The average Bonchev–Trinajstić information content (AvgIpc) is 3.08. The molecule has 3 aromatic carbocycles. The van der Waals surface area contributed by atoms with Gasteiger partial charge in [0.05, 0.1) is 23.4 Å². The molecule has 0 spiro atoms. The Hall–Kier alpha value is -4.06. The van der Waals surface area contributed by atoms with Crippen molar-refractivity contribution in [2.75, 3.05) is 7.11 Å². The number of nitrogens with zero attached hydrogens (tertiary/aromatic N) is 1. The van der Waals surface area contributed by atoms with Gasteiger partial charge in [0.15, 0.2) is 11.5 Å². The summed E-state index contributed by atoms with van der Waals surface area (Å²) in [4.78, 5) is 12.9. The molecule has 0 radical (unpaired) electrons. The second-order valence-electron chi connectivity index (χ2n) is 6.95. The molecule has 156 valence electrons. The molecular weight excluding hydrogens is 395 g/mol. The van der Waals surface area contributed by atoms with Crippen LogP contribution in [-0.2, 0) is 6.61 Å². The summed E-state index contributed by atoms with van der Waals surface area (Å²) in [6, 6.07) is 20.8. The standard InChI is InChI=1S/C25H21FN2O3/c1-17-22(25(29)28(27-17)21-6-4-3-5-7-21)14-19-10-13-23(24(15-19)30-2)31-16-18-8-11-20(26)12-9-18/h3-15,27H,1,16H2,2H3/b22-14+. The Balaban J connectivity index is 1.63. The van der Waals surface area contributed by atoms with Gasteiger partial charge in [-0.25, -0.2) is 9.07 Å². The van der Waals surface area contributed by atoms with Crippen LogP contribution in [0.2, 0.25) is 0 Å². The molecule has 6 heteroatoms. The molecule has 31 heavy (non-hydrogen) atoms. The fourth-order valence-electron chi connectivity index (χ4n) is 3.20. The van der Waals surface area contributed by atoms with E-state index in [-0.39, 0.29) is 18.0 Å². The molecule has 0 unspecified atom stereocenters. The minimum atomic E-state index is -0.290. The average molecular weight is 416 g/mol. The number of rotatable bonds is 6. The molecule has 0 saturated heterocycles.